The van der Waals surface area contributed by atoms with Gasteiger partial charge in [-0.1, -0.05) is 6.07 Å². The van der Waals surface area contributed by atoms with Crippen molar-refractivity contribution in [2.45, 2.75) is 6.42 Å². The minimum Gasteiger partial charge on any atom is -0.508 e. The molecule has 0 aromatic heterocycles. The van der Waals surface area contributed by atoms with Crippen molar-refractivity contribution in [2.75, 3.05) is 0 Å². The van der Waals surface area contributed by atoms with E-state index in [1.54, 1.807) is 6.07 Å². The molecule has 12 heavy (non-hydrogen) atoms. The lowest BCUT2D eigenvalue weighted by molar-refractivity contribution is -0.105. The highest BCUT2D eigenvalue weighted by Crippen LogP contribution is 2.22. The van der Waals surface area contributed by atoms with Crippen LogP contribution in [0.1, 0.15) is 5.56 Å². The Labute approximate surface area is 70.3 Å². The highest BCUT2D eigenvalue weighted by Gasteiger charge is 2.00. The predicted octanol–water partition coefficient (Wildman–Crippen LogP) is 1.04. The summed E-state index contributed by atoms with van der Waals surface area (Å²) in [5, 5.41) is 18.1. The standard InChI is InChI=1S/C9H9O3/c10-5-1-2-7-3-4-8(11)6-9(7)12/h1,3-6,11-12H,2H2. The van der Waals surface area contributed by atoms with Gasteiger partial charge in [0.25, 0.3) is 0 Å². The van der Waals surface area contributed by atoms with Crippen molar-refractivity contribution >= 4 is 6.29 Å². The molecule has 0 amide bonds. The second kappa shape index (κ2) is 3.76. The van der Waals surface area contributed by atoms with E-state index in [9.17, 15) is 9.90 Å². The molecule has 0 saturated heterocycles. The fourth-order valence-electron chi connectivity index (χ4n) is 0.900. The third kappa shape index (κ3) is 1.99. The van der Waals surface area contributed by atoms with Crippen LogP contribution in [-0.2, 0) is 11.2 Å². The first kappa shape index (κ1) is 8.59. The monoisotopic (exact) mass is 165 g/mol. The van der Waals surface area contributed by atoms with Crippen LogP contribution in [0.4, 0.5) is 0 Å². The maximum atomic E-state index is 9.97. The van der Waals surface area contributed by atoms with E-state index in [1.165, 1.54) is 18.6 Å². The summed E-state index contributed by atoms with van der Waals surface area (Å²) >= 11 is 0. The SMILES string of the molecule is O=C[CH]Cc1ccc(O)cc1O. The lowest BCUT2D eigenvalue weighted by Crippen LogP contribution is -1.87. The van der Waals surface area contributed by atoms with Crippen molar-refractivity contribution in [1.29, 1.82) is 0 Å². The first-order valence-electron chi connectivity index (χ1n) is 3.52. The van der Waals surface area contributed by atoms with Gasteiger partial charge in [-0.2, -0.15) is 0 Å². The van der Waals surface area contributed by atoms with Gasteiger partial charge in [-0.25, -0.2) is 0 Å². The molecule has 0 saturated carbocycles. The van der Waals surface area contributed by atoms with E-state index in [4.69, 9.17) is 5.11 Å². The Morgan fingerprint density at radius 2 is 2.08 bits per heavy atom. The van der Waals surface area contributed by atoms with Crippen molar-refractivity contribution in [1.82, 2.24) is 0 Å². The average Bonchev–Trinajstić information content (AvgIpc) is 2.03. The van der Waals surface area contributed by atoms with Gasteiger partial charge < -0.3 is 15.0 Å². The average molecular weight is 165 g/mol. The van der Waals surface area contributed by atoms with Crippen LogP contribution in [0.3, 0.4) is 0 Å². The summed E-state index contributed by atoms with van der Waals surface area (Å²) in [6, 6.07) is 4.28. The van der Waals surface area contributed by atoms with Crippen molar-refractivity contribution in [3.8, 4) is 11.5 Å². The van der Waals surface area contributed by atoms with Gasteiger partial charge in [0, 0.05) is 12.5 Å². The first-order chi connectivity index (χ1) is 5.74. The Morgan fingerprint density at radius 3 is 2.67 bits per heavy atom. The zero-order chi connectivity index (χ0) is 8.97. The van der Waals surface area contributed by atoms with Crippen molar-refractivity contribution in [3.63, 3.8) is 0 Å². The Balaban J connectivity index is 2.78. The van der Waals surface area contributed by atoms with Gasteiger partial charge in [0.15, 0.2) is 0 Å². The van der Waals surface area contributed by atoms with Gasteiger partial charge >= 0.3 is 0 Å². The van der Waals surface area contributed by atoms with Crippen LogP contribution in [0.5, 0.6) is 11.5 Å². The molecule has 0 aliphatic rings. The minimum absolute atomic E-state index is 0.00750. The zero-order valence-corrected chi connectivity index (χ0v) is 6.40. The Kier molecular flexibility index (Phi) is 2.69. The molecule has 0 bridgehead atoms. The van der Waals surface area contributed by atoms with Crippen molar-refractivity contribution in [3.05, 3.63) is 30.2 Å². The molecule has 0 aliphatic heterocycles. The number of aldehydes is 1. The zero-order valence-electron chi connectivity index (χ0n) is 6.40. The largest absolute Gasteiger partial charge is 0.508 e. The van der Waals surface area contributed by atoms with Crippen LogP contribution in [-0.4, -0.2) is 16.5 Å². The molecule has 1 aromatic rings. The second-order valence-electron chi connectivity index (χ2n) is 2.39. The number of rotatable bonds is 3. The Hall–Kier alpha value is -1.51. The van der Waals surface area contributed by atoms with Gasteiger partial charge in [-0.15, -0.1) is 0 Å². The number of carbonyl (C=O) groups is 1. The molecule has 1 aromatic carbocycles. The van der Waals surface area contributed by atoms with Crippen LogP contribution in [0.25, 0.3) is 0 Å². The van der Waals surface area contributed by atoms with Gasteiger partial charge in [-0.05, 0) is 18.1 Å². The minimum atomic E-state index is 0.00750. The van der Waals surface area contributed by atoms with Crippen LogP contribution >= 0.6 is 0 Å². The Morgan fingerprint density at radius 1 is 1.33 bits per heavy atom. The number of aromatic hydroxyl groups is 2. The summed E-state index contributed by atoms with van der Waals surface area (Å²) in [7, 11) is 0. The summed E-state index contributed by atoms with van der Waals surface area (Å²) in [5.74, 6) is 0.0236. The molecule has 2 N–H and O–H groups in total. The maximum absolute atomic E-state index is 9.97. The van der Waals surface area contributed by atoms with E-state index < -0.39 is 0 Å². The topological polar surface area (TPSA) is 57.5 Å². The van der Waals surface area contributed by atoms with Crippen molar-refractivity contribution in [2.24, 2.45) is 0 Å². The van der Waals surface area contributed by atoms with Crippen LogP contribution in [0.2, 0.25) is 0 Å². The molecule has 3 heteroatoms. The number of carbonyl (C=O) groups excluding carboxylic acids is 1. The van der Waals surface area contributed by atoms with Gasteiger partial charge in [0.1, 0.15) is 17.8 Å². The molecule has 0 aliphatic carbocycles. The summed E-state index contributed by atoms with van der Waals surface area (Å²) in [6.45, 7) is 0. The lowest BCUT2D eigenvalue weighted by atomic mass is 10.1. The quantitative estimate of drug-likeness (QED) is 0.658. The molecule has 1 radical (unpaired) electrons. The van der Waals surface area contributed by atoms with E-state index >= 15 is 0 Å². The molecule has 0 atom stereocenters. The van der Waals surface area contributed by atoms with E-state index in [0.717, 1.165) is 0 Å². The van der Waals surface area contributed by atoms with E-state index in [0.29, 0.717) is 18.3 Å². The maximum Gasteiger partial charge on any atom is 0.124 e. The number of hydrogen-bond acceptors (Lipinski definition) is 3. The normalized spacial score (nSPS) is 9.67. The Bertz CT molecular complexity index is 281. The van der Waals surface area contributed by atoms with E-state index in [2.05, 4.69) is 0 Å². The smallest absolute Gasteiger partial charge is 0.124 e. The van der Waals surface area contributed by atoms with Crippen molar-refractivity contribution < 1.29 is 15.0 Å². The third-order valence-corrected chi connectivity index (χ3v) is 1.50. The van der Waals surface area contributed by atoms with Crippen LogP contribution in [0, 0.1) is 6.42 Å². The number of phenolic OH excluding ortho intramolecular Hbond substituents is 2. The second-order valence-corrected chi connectivity index (χ2v) is 2.39. The van der Waals surface area contributed by atoms with E-state index in [-0.39, 0.29) is 11.5 Å². The molecule has 0 heterocycles. The summed E-state index contributed by atoms with van der Waals surface area (Å²) in [4.78, 5) is 9.97. The fourth-order valence-corrected chi connectivity index (χ4v) is 0.900. The number of phenols is 2. The van der Waals surface area contributed by atoms with Crippen LogP contribution < -0.4 is 0 Å². The predicted molar refractivity (Wildman–Crippen MR) is 43.8 cm³/mol. The van der Waals surface area contributed by atoms with Gasteiger partial charge in [0.05, 0.1) is 0 Å². The fraction of sp³-hybridized carbons (Fsp3) is 0.111. The number of hydrogen-bond donors (Lipinski definition) is 2. The molecule has 63 valence electrons. The molecule has 0 spiro atoms. The molecule has 3 nitrogen and oxygen atoms in total. The highest BCUT2D eigenvalue weighted by molar-refractivity contribution is 5.62. The molecular weight excluding hydrogens is 156 g/mol. The first-order valence-corrected chi connectivity index (χ1v) is 3.52. The highest BCUT2D eigenvalue weighted by atomic mass is 16.3. The summed E-state index contributed by atoms with van der Waals surface area (Å²) in [6.07, 6.45) is 2.45. The van der Waals surface area contributed by atoms with Gasteiger partial charge in [-0.3, -0.25) is 0 Å². The molecular formula is C9H9O3. The van der Waals surface area contributed by atoms with Crippen LogP contribution in [0.15, 0.2) is 18.2 Å². The van der Waals surface area contributed by atoms with E-state index in [1.807, 2.05) is 0 Å². The summed E-state index contributed by atoms with van der Waals surface area (Å²) in [5.41, 5.74) is 0.625. The number of benzene rings is 1. The third-order valence-electron chi connectivity index (χ3n) is 1.50. The molecule has 1 rings (SSSR count). The molecule has 0 fully saturated rings. The van der Waals surface area contributed by atoms with Gasteiger partial charge in [0.2, 0.25) is 0 Å². The summed E-state index contributed by atoms with van der Waals surface area (Å²) < 4.78 is 0. The molecule has 0 unspecified atom stereocenters. The lowest BCUT2D eigenvalue weighted by Gasteiger charge is -2.01.